The maximum Gasteiger partial charge on any atom is 0.259 e. The van der Waals surface area contributed by atoms with Gasteiger partial charge >= 0.3 is 0 Å². The van der Waals surface area contributed by atoms with Crippen LogP contribution in [0.2, 0.25) is 5.02 Å². The van der Waals surface area contributed by atoms with E-state index in [0.29, 0.717) is 28.2 Å². The van der Waals surface area contributed by atoms with Crippen molar-refractivity contribution >= 4 is 17.4 Å². The molecule has 1 saturated carbocycles. The number of Topliss-reactive ketones (excluding diaryl/α,β-unsaturated/α-hetero) is 1. The minimum Gasteiger partial charge on any atom is -0.490 e. The molecule has 0 aliphatic heterocycles. The molecule has 1 aliphatic carbocycles. The van der Waals surface area contributed by atoms with Gasteiger partial charge in [0.2, 0.25) is 11.7 Å². The molecule has 0 spiro atoms. The Morgan fingerprint density at radius 3 is 2.57 bits per heavy atom. The molecule has 1 aliphatic rings. The molecular weight excluding hydrogens is 406 g/mol. The normalized spacial score (nSPS) is 18.2. The van der Waals surface area contributed by atoms with Crippen molar-refractivity contribution in [1.82, 2.24) is 15.1 Å². The maximum absolute atomic E-state index is 11.3. The molecule has 8 heteroatoms. The zero-order valence-corrected chi connectivity index (χ0v) is 17.7. The summed E-state index contributed by atoms with van der Waals surface area (Å²) < 4.78 is 16.8. The number of hydrogen-bond acceptors (Lipinski definition) is 7. The average molecular weight is 428 g/mol. The molecule has 0 radical (unpaired) electrons. The van der Waals surface area contributed by atoms with Crippen LogP contribution in [-0.2, 0) is 4.79 Å². The SMILES string of the molecule is CC(=O)C1CC(Oc2ccc(-c3noc(-c4cnc(OC(C)C)c(Cl)c4)n3)cc2)C1. The summed E-state index contributed by atoms with van der Waals surface area (Å²) in [5, 5.41) is 4.42. The van der Waals surface area contributed by atoms with Gasteiger partial charge in [-0.3, -0.25) is 4.79 Å². The molecule has 156 valence electrons. The first kappa shape index (κ1) is 20.3. The predicted octanol–water partition coefficient (Wildman–Crippen LogP) is 4.99. The summed E-state index contributed by atoms with van der Waals surface area (Å²) in [4.78, 5) is 20.0. The van der Waals surface area contributed by atoms with E-state index in [1.807, 2.05) is 38.1 Å². The summed E-state index contributed by atoms with van der Waals surface area (Å²) in [5.41, 5.74) is 1.41. The van der Waals surface area contributed by atoms with Crippen LogP contribution >= 0.6 is 11.6 Å². The number of ketones is 1. The summed E-state index contributed by atoms with van der Waals surface area (Å²) in [6.07, 6.45) is 3.22. The fraction of sp³-hybridized carbons (Fsp3) is 0.364. The van der Waals surface area contributed by atoms with E-state index in [1.165, 1.54) is 0 Å². The van der Waals surface area contributed by atoms with Crippen LogP contribution in [0.25, 0.3) is 22.8 Å². The van der Waals surface area contributed by atoms with Crippen molar-refractivity contribution in [3.8, 4) is 34.5 Å². The van der Waals surface area contributed by atoms with E-state index in [-0.39, 0.29) is 23.9 Å². The molecule has 3 aromatic rings. The molecule has 0 N–H and O–H groups in total. The third-order valence-electron chi connectivity index (χ3n) is 4.91. The van der Waals surface area contributed by atoms with Crippen LogP contribution in [0.3, 0.4) is 0 Å². The van der Waals surface area contributed by atoms with Crippen molar-refractivity contribution in [2.75, 3.05) is 0 Å². The first-order valence-electron chi connectivity index (χ1n) is 9.83. The molecule has 0 saturated heterocycles. The third-order valence-corrected chi connectivity index (χ3v) is 5.18. The lowest BCUT2D eigenvalue weighted by molar-refractivity contribution is -0.126. The highest BCUT2D eigenvalue weighted by Gasteiger charge is 2.33. The van der Waals surface area contributed by atoms with E-state index in [2.05, 4.69) is 15.1 Å². The van der Waals surface area contributed by atoms with Gasteiger partial charge in [-0.15, -0.1) is 0 Å². The fourth-order valence-electron chi connectivity index (χ4n) is 3.18. The van der Waals surface area contributed by atoms with Gasteiger partial charge in [-0.25, -0.2) is 4.98 Å². The summed E-state index contributed by atoms with van der Waals surface area (Å²) in [6, 6.07) is 9.16. The zero-order valence-electron chi connectivity index (χ0n) is 17.0. The van der Waals surface area contributed by atoms with Gasteiger partial charge in [0.05, 0.1) is 11.7 Å². The van der Waals surface area contributed by atoms with Crippen LogP contribution in [0.15, 0.2) is 41.1 Å². The maximum atomic E-state index is 11.3. The molecule has 0 amide bonds. The molecule has 0 unspecified atom stereocenters. The van der Waals surface area contributed by atoms with Gasteiger partial charge in [0.25, 0.3) is 5.89 Å². The molecule has 2 heterocycles. The van der Waals surface area contributed by atoms with Crippen LogP contribution in [0.4, 0.5) is 0 Å². The molecule has 1 aromatic carbocycles. The highest BCUT2D eigenvalue weighted by Crippen LogP contribution is 2.33. The van der Waals surface area contributed by atoms with Crippen molar-refractivity contribution < 1.29 is 18.8 Å². The summed E-state index contributed by atoms with van der Waals surface area (Å²) in [6.45, 7) is 5.44. The van der Waals surface area contributed by atoms with E-state index in [4.69, 9.17) is 25.6 Å². The second kappa shape index (κ2) is 8.44. The third kappa shape index (κ3) is 4.46. The van der Waals surface area contributed by atoms with Gasteiger partial charge in [0.1, 0.15) is 22.7 Å². The Hall–Kier alpha value is -2.93. The minimum absolute atomic E-state index is 0.0253. The number of halogens is 1. The van der Waals surface area contributed by atoms with E-state index in [1.54, 1.807) is 19.2 Å². The van der Waals surface area contributed by atoms with Crippen molar-refractivity contribution in [1.29, 1.82) is 0 Å². The van der Waals surface area contributed by atoms with Gasteiger partial charge in [0.15, 0.2) is 0 Å². The number of hydrogen-bond donors (Lipinski definition) is 0. The molecule has 2 aromatic heterocycles. The van der Waals surface area contributed by atoms with Gasteiger partial charge in [0, 0.05) is 17.7 Å². The molecule has 0 atom stereocenters. The van der Waals surface area contributed by atoms with E-state index in [9.17, 15) is 4.79 Å². The standard InChI is InChI=1S/C22H22ClN3O4/c1-12(2)28-22-19(23)10-16(11-24-22)21-25-20(26-30-21)14-4-6-17(7-5-14)29-18-8-15(9-18)13(3)27/h4-7,10-12,15,18H,8-9H2,1-3H3. The Balaban J connectivity index is 1.43. The molecule has 4 rings (SSSR count). The van der Waals surface area contributed by atoms with E-state index in [0.717, 1.165) is 24.2 Å². The highest BCUT2D eigenvalue weighted by atomic mass is 35.5. The second-order valence-electron chi connectivity index (χ2n) is 7.64. The molecule has 1 fully saturated rings. The van der Waals surface area contributed by atoms with Crippen LogP contribution in [0, 0.1) is 5.92 Å². The number of carbonyl (C=O) groups is 1. The Bertz CT molecular complexity index is 1040. The average Bonchev–Trinajstić information content (AvgIpc) is 3.16. The van der Waals surface area contributed by atoms with Crippen molar-refractivity contribution in [3.05, 3.63) is 41.6 Å². The monoisotopic (exact) mass is 427 g/mol. The smallest absolute Gasteiger partial charge is 0.259 e. The minimum atomic E-state index is -0.0253. The van der Waals surface area contributed by atoms with Crippen LogP contribution in [-0.4, -0.2) is 33.1 Å². The van der Waals surface area contributed by atoms with E-state index < -0.39 is 0 Å². The topological polar surface area (TPSA) is 87.3 Å². The van der Waals surface area contributed by atoms with Gasteiger partial charge in [-0.1, -0.05) is 16.8 Å². The van der Waals surface area contributed by atoms with Crippen LogP contribution in [0.1, 0.15) is 33.6 Å². The van der Waals surface area contributed by atoms with Gasteiger partial charge < -0.3 is 14.0 Å². The number of carbonyl (C=O) groups excluding carboxylic acids is 1. The quantitative estimate of drug-likeness (QED) is 0.525. The summed E-state index contributed by atoms with van der Waals surface area (Å²) >= 11 is 6.24. The Kier molecular flexibility index (Phi) is 5.72. The number of ether oxygens (including phenoxy) is 2. The van der Waals surface area contributed by atoms with Crippen molar-refractivity contribution in [2.24, 2.45) is 5.92 Å². The van der Waals surface area contributed by atoms with Gasteiger partial charge in [-0.05, 0) is 63.9 Å². The lowest BCUT2D eigenvalue weighted by Crippen LogP contribution is -2.37. The fourth-order valence-corrected chi connectivity index (χ4v) is 3.39. The lowest BCUT2D eigenvalue weighted by atomic mass is 9.80. The van der Waals surface area contributed by atoms with Crippen LogP contribution in [0.5, 0.6) is 11.6 Å². The Morgan fingerprint density at radius 1 is 1.20 bits per heavy atom. The molecule has 30 heavy (non-hydrogen) atoms. The Labute approximate surface area is 179 Å². The van der Waals surface area contributed by atoms with Crippen LogP contribution < -0.4 is 9.47 Å². The summed E-state index contributed by atoms with van der Waals surface area (Å²) in [7, 11) is 0. The number of pyridine rings is 1. The molecule has 7 nitrogen and oxygen atoms in total. The Morgan fingerprint density at radius 2 is 1.93 bits per heavy atom. The summed E-state index contributed by atoms with van der Waals surface area (Å²) in [5.74, 6) is 2.27. The first-order chi connectivity index (χ1) is 14.4. The first-order valence-corrected chi connectivity index (χ1v) is 10.2. The second-order valence-corrected chi connectivity index (χ2v) is 8.05. The number of benzene rings is 1. The van der Waals surface area contributed by atoms with Crippen molar-refractivity contribution in [3.63, 3.8) is 0 Å². The lowest BCUT2D eigenvalue weighted by Gasteiger charge is -2.33. The van der Waals surface area contributed by atoms with Gasteiger partial charge in [-0.2, -0.15) is 4.98 Å². The molecule has 0 bridgehead atoms. The number of nitrogens with zero attached hydrogens (tertiary/aromatic N) is 3. The number of aromatic nitrogens is 3. The highest BCUT2D eigenvalue weighted by molar-refractivity contribution is 6.32. The molecular formula is C22H22ClN3O4. The predicted molar refractivity (Wildman–Crippen MR) is 112 cm³/mol. The van der Waals surface area contributed by atoms with Crippen molar-refractivity contribution in [2.45, 2.75) is 45.8 Å². The van der Waals surface area contributed by atoms with E-state index >= 15 is 0 Å². The largest absolute Gasteiger partial charge is 0.490 e. The zero-order chi connectivity index (χ0) is 21.3. The number of rotatable bonds is 7.